The van der Waals surface area contributed by atoms with Gasteiger partial charge in [0.25, 0.3) is 11.4 Å². The molecule has 2 aromatic heterocycles. The number of nitrogens with zero attached hydrogens (tertiary/aromatic N) is 3. The normalized spacial score (nSPS) is 11.5. The van der Waals surface area contributed by atoms with E-state index in [1.165, 1.54) is 22.8 Å². The number of pyridine rings is 1. The molecule has 0 amide bonds. The molecule has 0 aliphatic heterocycles. The minimum atomic E-state index is -4.76. The summed E-state index contributed by atoms with van der Waals surface area (Å²) in [7, 11) is 0. The predicted molar refractivity (Wildman–Crippen MR) is 105 cm³/mol. The highest BCUT2D eigenvalue weighted by atomic mass is 19.4. The molecule has 1 radical (unpaired) electrons. The van der Waals surface area contributed by atoms with Crippen molar-refractivity contribution in [1.29, 1.82) is 0 Å². The molecule has 0 spiro atoms. The van der Waals surface area contributed by atoms with E-state index in [4.69, 9.17) is 4.52 Å². The van der Waals surface area contributed by atoms with Crippen LogP contribution >= 0.6 is 0 Å². The number of benzene rings is 2. The molecule has 31 heavy (non-hydrogen) atoms. The molecule has 0 bridgehead atoms. The maximum Gasteiger partial charge on any atom is 0.573 e. The van der Waals surface area contributed by atoms with Gasteiger partial charge in [0.05, 0.1) is 12.1 Å². The fourth-order valence-corrected chi connectivity index (χ4v) is 2.94. The van der Waals surface area contributed by atoms with Gasteiger partial charge in [-0.25, -0.2) is 0 Å². The Morgan fingerprint density at radius 2 is 1.84 bits per heavy atom. The first-order chi connectivity index (χ1) is 14.8. The quantitative estimate of drug-likeness (QED) is 0.466. The Morgan fingerprint density at radius 1 is 1.10 bits per heavy atom. The highest BCUT2D eigenvalue weighted by Gasteiger charge is 2.31. The zero-order valence-corrected chi connectivity index (χ0v) is 16.2. The summed E-state index contributed by atoms with van der Waals surface area (Å²) in [6.07, 6.45) is -3.15. The van der Waals surface area contributed by atoms with Crippen LogP contribution < -0.4 is 10.3 Å². The van der Waals surface area contributed by atoms with E-state index < -0.39 is 6.36 Å². The van der Waals surface area contributed by atoms with Gasteiger partial charge in [-0.1, -0.05) is 23.4 Å². The van der Waals surface area contributed by atoms with Crippen molar-refractivity contribution in [1.82, 2.24) is 14.7 Å². The van der Waals surface area contributed by atoms with Crippen LogP contribution in [0.1, 0.15) is 11.1 Å². The van der Waals surface area contributed by atoms with Crippen molar-refractivity contribution in [2.45, 2.75) is 19.8 Å². The van der Waals surface area contributed by atoms with E-state index >= 15 is 0 Å². The third-order valence-corrected chi connectivity index (χ3v) is 4.51. The molecule has 0 saturated carbocycles. The van der Waals surface area contributed by atoms with E-state index in [0.29, 0.717) is 17.7 Å². The zero-order valence-electron chi connectivity index (χ0n) is 16.2. The van der Waals surface area contributed by atoms with Crippen molar-refractivity contribution in [3.8, 4) is 28.6 Å². The molecule has 0 unspecified atom stereocenters. The van der Waals surface area contributed by atoms with Crippen LogP contribution in [0.5, 0.6) is 5.75 Å². The molecule has 0 aliphatic carbocycles. The van der Waals surface area contributed by atoms with Gasteiger partial charge < -0.3 is 13.8 Å². The van der Waals surface area contributed by atoms with E-state index in [-0.39, 0.29) is 23.0 Å². The predicted octanol–water partition coefficient (Wildman–Crippen LogP) is 4.62. The topological polar surface area (TPSA) is 70.2 Å². The van der Waals surface area contributed by atoms with Crippen molar-refractivity contribution < 1.29 is 22.4 Å². The van der Waals surface area contributed by atoms with E-state index in [1.807, 2.05) is 19.1 Å². The Balaban J connectivity index is 1.58. The molecule has 0 fully saturated rings. The highest BCUT2D eigenvalue weighted by molar-refractivity contribution is 5.60. The minimum Gasteiger partial charge on any atom is -0.406 e. The van der Waals surface area contributed by atoms with Crippen LogP contribution in [0.2, 0.25) is 0 Å². The number of aromatic nitrogens is 3. The number of hydrogen-bond donors (Lipinski definition) is 0. The molecule has 157 valence electrons. The van der Waals surface area contributed by atoms with Gasteiger partial charge in [0.15, 0.2) is 0 Å². The lowest BCUT2D eigenvalue weighted by Crippen LogP contribution is -2.19. The molecular weight excluding hydrogens is 411 g/mol. The van der Waals surface area contributed by atoms with Crippen LogP contribution in [0.15, 0.2) is 70.1 Å². The van der Waals surface area contributed by atoms with Crippen molar-refractivity contribution in [2.24, 2.45) is 0 Å². The smallest absolute Gasteiger partial charge is 0.406 e. The largest absolute Gasteiger partial charge is 0.573 e. The molecule has 0 aliphatic rings. The second-order valence-corrected chi connectivity index (χ2v) is 6.71. The first-order valence-corrected chi connectivity index (χ1v) is 9.15. The Hall–Kier alpha value is -3.88. The lowest BCUT2D eigenvalue weighted by atomic mass is 10.1. The SMILES string of the molecule is Cc1ccc[c]c1Cn1cc(-c2nc(-c3ccc(OC(F)(F)F)cc3)no2)ccc1=O. The number of rotatable bonds is 5. The van der Waals surface area contributed by atoms with Crippen LogP contribution in [0.3, 0.4) is 0 Å². The first kappa shape index (κ1) is 20.4. The van der Waals surface area contributed by atoms with Gasteiger partial charge in [-0.3, -0.25) is 4.79 Å². The van der Waals surface area contributed by atoms with Crippen LogP contribution in [0.4, 0.5) is 13.2 Å². The number of aryl methyl sites for hydroxylation is 1. The summed E-state index contributed by atoms with van der Waals surface area (Å²) in [5.41, 5.74) is 2.68. The summed E-state index contributed by atoms with van der Waals surface area (Å²) >= 11 is 0. The molecule has 6 nitrogen and oxygen atoms in total. The number of hydrogen-bond acceptors (Lipinski definition) is 5. The summed E-state index contributed by atoms with van der Waals surface area (Å²) in [6, 6.07) is 16.8. The maximum atomic E-state index is 12.3. The van der Waals surface area contributed by atoms with E-state index in [1.54, 1.807) is 18.3 Å². The third-order valence-electron chi connectivity index (χ3n) is 4.51. The molecule has 0 saturated heterocycles. The Morgan fingerprint density at radius 3 is 2.55 bits per heavy atom. The number of ether oxygens (including phenoxy) is 1. The minimum absolute atomic E-state index is 0.174. The lowest BCUT2D eigenvalue weighted by Gasteiger charge is -2.09. The van der Waals surface area contributed by atoms with Crippen LogP contribution in [-0.4, -0.2) is 21.1 Å². The Labute approximate surface area is 174 Å². The Bertz CT molecular complexity index is 1260. The molecule has 9 heteroatoms. The zero-order chi connectivity index (χ0) is 22.0. The summed E-state index contributed by atoms with van der Waals surface area (Å²) in [4.78, 5) is 16.6. The van der Waals surface area contributed by atoms with Gasteiger partial charge in [-0.2, -0.15) is 4.98 Å². The molecule has 4 rings (SSSR count). The Kier molecular flexibility index (Phi) is 5.33. The van der Waals surface area contributed by atoms with E-state index in [9.17, 15) is 18.0 Å². The second-order valence-electron chi connectivity index (χ2n) is 6.71. The van der Waals surface area contributed by atoms with E-state index in [2.05, 4.69) is 20.9 Å². The van der Waals surface area contributed by atoms with Crippen molar-refractivity contribution in [2.75, 3.05) is 0 Å². The highest BCUT2D eigenvalue weighted by Crippen LogP contribution is 2.26. The molecular formula is C22H15F3N3O3. The van der Waals surface area contributed by atoms with Crippen molar-refractivity contribution >= 4 is 0 Å². The molecule has 0 atom stereocenters. The van der Waals surface area contributed by atoms with Crippen molar-refractivity contribution in [3.05, 3.63) is 88.3 Å². The second kappa shape index (κ2) is 8.10. The lowest BCUT2D eigenvalue weighted by molar-refractivity contribution is -0.274. The average Bonchev–Trinajstić information content (AvgIpc) is 3.21. The van der Waals surface area contributed by atoms with Gasteiger partial charge >= 0.3 is 6.36 Å². The average molecular weight is 426 g/mol. The standard InChI is InChI=1S/C22H15F3N3O3/c1-14-4-2-3-5-16(14)12-28-13-17(8-11-19(28)29)21-26-20(27-31-21)15-6-9-18(10-7-15)30-22(23,24)25/h2-4,6-11,13H,12H2,1H3. The van der Waals surface area contributed by atoms with Crippen LogP contribution in [-0.2, 0) is 6.54 Å². The summed E-state index contributed by atoms with van der Waals surface area (Å²) < 4.78 is 47.5. The van der Waals surface area contributed by atoms with Crippen LogP contribution in [0.25, 0.3) is 22.8 Å². The molecule has 4 aromatic rings. The third kappa shape index (κ3) is 4.82. The summed E-state index contributed by atoms with van der Waals surface area (Å²) in [5.74, 6) is 0.0201. The number of alkyl halides is 3. The molecule has 0 N–H and O–H groups in total. The van der Waals surface area contributed by atoms with Gasteiger partial charge in [0.2, 0.25) is 5.82 Å². The summed E-state index contributed by atoms with van der Waals surface area (Å²) in [5, 5.41) is 3.87. The fraction of sp³-hybridized carbons (Fsp3) is 0.136. The monoisotopic (exact) mass is 426 g/mol. The van der Waals surface area contributed by atoms with Gasteiger partial charge in [-0.05, 0) is 54.4 Å². The van der Waals surface area contributed by atoms with Crippen molar-refractivity contribution in [3.63, 3.8) is 0 Å². The van der Waals surface area contributed by atoms with Gasteiger partial charge in [0.1, 0.15) is 5.75 Å². The molecule has 2 heterocycles. The molecule has 2 aromatic carbocycles. The van der Waals surface area contributed by atoms with Crippen LogP contribution in [0, 0.1) is 13.0 Å². The fourth-order valence-electron chi connectivity index (χ4n) is 2.94. The first-order valence-electron chi connectivity index (χ1n) is 9.15. The number of halogens is 3. The maximum absolute atomic E-state index is 12.3. The van der Waals surface area contributed by atoms with Gasteiger partial charge in [-0.15, -0.1) is 13.2 Å². The van der Waals surface area contributed by atoms with E-state index in [0.717, 1.165) is 23.3 Å². The summed E-state index contributed by atoms with van der Waals surface area (Å²) in [6.45, 7) is 2.27. The van der Waals surface area contributed by atoms with Gasteiger partial charge in [0, 0.05) is 17.8 Å².